The van der Waals surface area contributed by atoms with Crippen molar-refractivity contribution in [2.75, 3.05) is 5.32 Å². The van der Waals surface area contributed by atoms with Gasteiger partial charge in [-0.3, -0.25) is 5.32 Å². The molecule has 1 aromatic heterocycles. The summed E-state index contributed by atoms with van der Waals surface area (Å²) in [7, 11) is -3.73. The Bertz CT molecular complexity index is 954. The van der Waals surface area contributed by atoms with Gasteiger partial charge in [-0.05, 0) is 55.4 Å². The minimum Gasteiger partial charge on any atom is -0.334 e. The number of sulfonamides is 1. The summed E-state index contributed by atoms with van der Waals surface area (Å²) in [4.78, 5) is 18.1. The summed E-state index contributed by atoms with van der Waals surface area (Å²) in [6, 6.07) is 4.27. The SMILES string of the molecule is CCC1CCc2nc(NC(=O)NCc3ccc(S(N)(=O)=O)cc3C)sc2C1. The second-order valence-corrected chi connectivity index (χ2v) is 9.49. The van der Waals surface area contributed by atoms with Gasteiger partial charge in [-0.15, -0.1) is 11.3 Å². The molecule has 1 atom stereocenters. The highest BCUT2D eigenvalue weighted by molar-refractivity contribution is 7.89. The second kappa shape index (κ2) is 7.95. The summed E-state index contributed by atoms with van der Waals surface area (Å²) < 4.78 is 22.8. The Hall–Kier alpha value is -1.97. The number of primary sulfonamides is 1. The molecule has 0 saturated heterocycles. The molecule has 1 heterocycles. The van der Waals surface area contributed by atoms with Crippen molar-refractivity contribution < 1.29 is 13.2 Å². The number of rotatable bonds is 5. The van der Waals surface area contributed by atoms with E-state index >= 15 is 0 Å². The first-order valence-corrected chi connectivity index (χ1v) is 11.3. The van der Waals surface area contributed by atoms with Crippen molar-refractivity contribution in [3.05, 3.63) is 39.9 Å². The molecular formula is C18H24N4O3S2. The molecule has 0 spiro atoms. The maximum atomic E-state index is 12.2. The van der Waals surface area contributed by atoms with Crippen molar-refractivity contribution in [1.82, 2.24) is 10.3 Å². The van der Waals surface area contributed by atoms with Crippen molar-refractivity contribution in [3.63, 3.8) is 0 Å². The van der Waals surface area contributed by atoms with Crippen LogP contribution in [0.15, 0.2) is 23.1 Å². The number of anilines is 1. The Morgan fingerprint density at radius 2 is 2.19 bits per heavy atom. The minimum atomic E-state index is -3.73. The highest BCUT2D eigenvalue weighted by Gasteiger charge is 2.22. The third-order valence-electron chi connectivity index (χ3n) is 4.92. The van der Waals surface area contributed by atoms with Gasteiger partial charge >= 0.3 is 6.03 Å². The second-order valence-electron chi connectivity index (χ2n) is 6.85. The van der Waals surface area contributed by atoms with Gasteiger partial charge in [0.15, 0.2) is 5.13 Å². The van der Waals surface area contributed by atoms with Gasteiger partial charge in [-0.25, -0.2) is 23.3 Å². The first-order chi connectivity index (χ1) is 12.8. The van der Waals surface area contributed by atoms with Crippen molar-refractivity contribution in [3.8, 4) is 0 Å². The first kappa shape index (κ1) is 19.8. The number of carbonyl (C=O) groups is 1. The highest BCUT2D eigenvalue weighted by atomic mass is 32.2. The van der Waals surface area contributed by atoms with E-state index in [9.17, 15) is 13.2 Å². The van der Waals surface area contributed by atoms with E-state index in [0.717, 1.165) is 36.1 Å². The maximum absolute atomic E-state index is 12.2. The Balaban J connectivity index is 1.58. The molecule has 2 amide bonds. The Kier molecular flexibility index (Phi) is 5.83. The zero-order valence-electron chi connectivity index (χ0n) is 15.4. The van der Waals surface area contributed by atoms with E-state index < -0.39 is 10.0 Å². The fourth-order valence-electron chi connectivity index (χ4n) is 3.21. The molecule has 146 valence electrons. The number of thiazole rings is 1. The van der Waals surface area contributed by atoms with Gasteiger partial charge in [0.05, 0.1) is 10.6 Å². The van der Waals surface area contributed by atoms with Crippen molar-refractivity contribution in [2.24, 2.45) is 11.1 Å². The number of aryl methyl sites for hydroxylation is 2. The molecule has 1 aliphatic rings. The van der Waals surface area contributed by atoms with Gasteiger partial charge in [0.1, 0.15) is 0 Å². The quantitative estimate of drug-likeness (QED) is 0.705. The monoisotopic (exact) mass is 408 g/mol. The van der Waals surface area contributed by atoms with Crippen molar-refractivity contribution >= 4 is 32.5 Å². The largest absolute Gasteiger partial charge is 0.334 e. The van der Waals surface area contributed by atoms with Gasteiger partial charge < -0.3 is 5.32 Å². The summed E-state index contributed by atoms with van der Waals surface area (Å²) in [5.74, 6) is 0.711. The lowest BCUT2D eigenvalue weighted by molar-refractivity contribution is 0.251. The van der Waals surface area contributed by atoms with E-state index in [1.807, 2.05) is 0 Å². The van der Waals surface area contributed by atoms with E-state index in [4.69, 9.17) is 5.14 Å². The Morgan fingerprint density at radius 3 is 2.85 bits per heavy atom. The predicted octanol–water partition coefficient (Wildman–Crippen LogP) is 2.94. The molecule has 0 bridgehead atoms. The van der Waals surface area contributed by atoms with Gasteiger partial charge in [0.25, 0.3) is 0 Å². The maximum Gasteiger partial charge on any atom is 0.321 e. The minimum absolute atomic E-state index is 0.0620. The fourth-order valence-corrected chi connectivity index (χ4v) is 4.92. The topological polar surface area (TPSA) is 114 Å². The fraction of sp³-hybridized carbons (Fsp3) is 0.444. The third kappa shape index (κ3) is 4.85. The molecule has 7 nitrogen and oxygen atoms in total. The van der Waals surface area contributed by atoms with Gasteiger partial charge in [-0.1, -0.05) is 19.4 Å². The van der Waals surface area contributed by atoms with Crippen LogP contribution in [-0.4, -0.2) is 19.4 Å². The molecule has 0 saturated carbocycles. The number of nitrogens with one attached hydrogen (secondary N) is 2. The lowest BCUT2D eigenvalue weighted by atomic mass is 9.89. The average molecular weight is 409 g/mol. The first-order valence-electron chi connectivity index (χ1n) is 8.92. The number of amides is 2. The average Bonchev–Trinajstić information content (AvgIpc) is 3.00. The van der Waals surface area contributed by atoms with E-state index in [1.165, 1.54) is 23.4 Å². The number of hydrogen-bond donors (Lipinski definition) is 3. The van der Waals surface area contributed by atoms with Crippen LogP contribution >= 0.6 is 11.3 Å². The lowest BCUT2D eigenvalue weighted by Gasteiger charge is -2.18. The number of carbonyl (C=O) groups excluding carboxylic acids is 1. The van der Waals surface area contributed by atoms with Crippen LogP contribution in [0, 0.1) is 12.8 Å². The van der Waals surface area contributed by atoms with E-state index in [0.29, 0.717) is 11.0 Å². The van der Waals surface area contributed by atoms with Crippen LogP contribution in [-0.2, 0) is 29.4 Å². The lowest BCUT2D eigenvalue weighted by Crippen LogP contribution is -2.28. The summed E-state index contributed by atoms with van der Waals surface area (Å²) in [5.41, 5.74) is 2.67. The molecule has 0 aliphatic heterocycles. The number of fused-ring (bicyclic) bond motifs is 1. The summed E-state index contributed by atoms with van der Waals surface area (Å²) in [6.07, 6.45) is 4.35. The van der Waals surface area contributed by atoms with Gasteiger partial charge in [0.2, 0.25) is 10.0 Å². The normalized spacial score (nSPS) is 16.6. The number of aromatic nitrogens is 1. The van der Waals surface area contributed by atoms with Crippen LogP contribution in [0.2, 0.25) is 0 Å². The van der Waals surface area contributed by atoms with Crippen LogP contribution in [0.3, 0.4) is 0 Å². The molecule has 0 fully saturated rings. The molecule has 4 N–H and O–H groups in total. The van der Waals surface area contributed by atoms with Crippen LogP contribution in [0.25, 0.3) is 0 Å². The standard InChI is InChI=1S/C18H24N4O3S2/c1-3-12-4-7-15-16(9-12)26-18(21-15)22-17(23)20-10-13-5-6-14(8-11(13)2)27(19,24)25/h5-6,8,12H,3-4,7,9-10H2,1-2H3,(H2,19,24,25)(H2,20,21,22,23). The number of benzene rings is 1. The number of hydrogen-bond acceptors (Lipinski definition) is 5. The summed E-state index contributed by atoms with van der Waals surface area (Å²) in [5, 5.41) is 11.3. The zero-order chi connectivity index (χ0) is 19.6. The van der Waals surface area contributed by atoms with Crippen molar-refractivity contribution in [2.45, 2.75) is 51.0 Å². The van der Waals surface area contributed by atoms with E-state index in [1.54, 1.807) is 24.3 Å². The molecule has 9 heteroatoms. The smallest absolute Gasteiger partial charge is 0.321 e. The molecular weight excluding hydrogens is 384 g/mol. The molecule has 1 aromatic carbocycles. The number of nitrogens with two attached hydrogens (primary N) is 1. The Labute approximate surface area is 163 Å². The summed E-state index contributed by atoms with van der Waals surface area (Å²) in [6.45, 7) is 4.27. The van der Waals surface area contributed by atoms with E-state index in [2.05, 4.69) is 22.5 Å². The number of urea groups is 1. The zero-order valence-corrected chi connectivity index (χ0v) is 17.0. The van der Waals surface area contributed by atoms with Crippen LogP contribution in [0.1, 0.15) is 41.5 Å². The number of nitrogens with zero attached hydrogens (tertiary/aromatic N) is 1. The van der Waals surface area contributed by atoms with Gasteiger partial charge in [-0.2, -0.15) is 0 Å². The van der Waals surface area contributed by atoms with E-state index in [-0.39, 0.29) is 17.5 Å². The highest BCUT2D eigenvalue weighted by Crippen LogP contribution is 2.33. The molecule has 0 radical (unpaired) electrons. The Morgan fingerprint density at radius 1 is 1.41 bits per heavy atom. The van der Waals surface area contributed by atoms with Crippen LogP contribution in [0.4, 0.5) is 9.93 Å². The van der Waals surface area contributed by atoms with Crippen LogP contribution < -0.4 is 15.8 Å². The van der Waals surface area contributed by atoms with Crippen molar-refractivity contribution in [1.29, 1.82) is 0 Å². The third-order valence-corrected chi connectivity index (χ3v) is 6.87. The molecule has 2 aromatic rings. The van der Waals surface area contributed by atoms with Crippen LogP contribution in [0.5, 0.6) is 0 Å². The molecule has 3 rings (SSSR count). The predicted molar refractivity (Wildman–Crippen MR) is 106 cm³/mol. The van der Waals surface area contributed by atoms with Gasteiger partial charge in [0, 0.05) is 11.4 Å². The molecule has 1 unspecified atom stereocenters. The molecule has 1 aliphatic carbocycles. The molecule has 27 heavy (non-hydrogen) atoms. The summed E-state index contributed by atoms with van der Waals surface area (Å²) >= 11 is 1.55.